The number of hydrogen-bond acceptors (Lipinski definition) is 5. The molecule has 2 amide bonds. The van der Waals surface area contributed by atoms with Crippen molar-refractivity contribution in [3.05, 3.63) is 28.3 Å². The monoisotopic (exact) mass is 325 g/mol. The van der Waals surface area contributed by atoms with Gasteiger partial charge in [0, 0.05) is 31.0 Å². The Kier molecular flexibility index (Phi) is 5.48. The SMILES string of the molecule is CCOc1ccc([N+](=O)[O-])cc1NC(=O)N(C)C1CCSC1. The molecule has 2 rings (SSSR count). The zero-order valence-corrected chi connectivity index (χ0v) is 13.4. The number of carbonyl (C=O) groups excluding carboxylic acids is 1. The number of nitro groups is 1. The van der Waals surface area contributed by atoms with Crippen molar-refractivity contribution < 1.29 is 14.5 Å². The smallest absolute Gasteiger partial charge is 0.321 e. The molecular weight excluding hydrogens is 306 g/mol. The first-order chi connectivity index (χ1) is 10.5. The minimum Gasteiger partial charge on any atom is -0.492 e. The minimum atomic E-state index is -0.497. The Morgan fingerprint density at radius 2 is 2.36 bits per heavy atom. The van der Waals surface area contributed by atoms with Gasteiger partial charge in [0.1, 0.15) is 5.75 Å². The van der Waals surface area contributed by atoms with E-state index in [0.29, 0.717) is 18.0 Å². The highest BCUT2D eigenvalue weighted by atomic mass is 32.2. The molecule has 1 N–H and O–H groups in total. The van der Waals surface area contributed by atoms with Crippen LogP contribution in [0, 0.1) is 10.1 Å². The van der Waals surface area contributed by atoms with Crippen LogP contribution in [0.4, 0.5) is 16.2 Å². The summed E-state index contributed by atoms with van der Waals surface area (Å²) in [5.41, 5.74) is 0.233. The molecular formula is C14H19N3O4S. The van der Waals surface area contributed by atoms with Gasteiger partial charge in [-0.3, -0.25) is 10.1 Å². The van der Waals surface area contributed by atoms with Gasteiger partial charge < -0.3 is 15.0 Å². The fraction of sp³-hybridized carbons (Fsp3) is 0.500. The molecule has 1 heterocycles. The van der Waals surface area contributed by atoms with E-state index in [1.165, 1.54) is 18.2 Å². The van der Waals surface area contributed by atoms with Gasteiger partial charge >= 0.3 is 6.03 Å². The first kappa shape index (κ1) is 16.4. The Morgan fingerprint density at radius 3 is 2.95 bits per heavy atom. The number of urea groups is 1. The number of nitrogens with one attached hydrogen (secondary N) is 1. The molecule has 1 atom stereocenters. The summed E-state index contributed by atoms with van der Waals surface area (Å²) in [5, 5.41) is 13.6. The highest BCUT2D eigenvalue weighted by Gasteiger charge is 2.25. The van der Waals surface area contributed by atoms with Crippen LogP contribution in [0.2, 0.25) is 0 Å². The molecule has 22 heavy (non-hydrogen) atoms. The molecule has 0 radical (unpaired) electrons. The number of hydrogen-bond donors (Lipinski definition) is 1. The average Bonchev–Trinajstić information content (AvgIpc) is 3.02. The van der Waals surface area contributed by atoms with Crippen LogP contribution in [0.25, 0.3) is 0 Å². The summed E-state index contributed by atoms with van der Waals surface area (Å²) >= 11 is 1.82. The van der Waals surface area contributed by atoms with Crippen LogP contribution in [0.15, 0.2) is 18.2 Å². The topological polar surface area (TPSA) is 84.7 Å². The lowest BCUT2D eigenvalue weighted by atomic mass is 10.2. The molecule has 0 aliphatic carbocycles. The Hall–Kier alpha value is -1.96. The fourth-order valence-corrected chi connectivity index (χ4v) is 3.48. The van der Waals surface area contributed by atoms with Crippen molar-refractivity contribution in [3.8, 4) is 5.75 Å². The maximum atomic E-state index is 12.3. The van der Waals surface area contributed by atoms with E-state index in [4.69, 9.17) is 4.74 Å². The molecule has 0 spiro atoms. The standard InChI is InChI=1S/C14H19N3O4S/c1-3-21-13-5-4-10(17(19)20)8-12(13)15-14(18)16(2)11-6-7-22-9-11/h4-5,8,11H,3,6-7,9H2,1-2H3,(H,15,18). The number of thioether (sulfide) groups is 1. The number of nitro benzene ring substituents is 1. The van der Waals surface area contributed by atoms with E-state index in [0.717, 1.165) is 17.9 Å². The predicted molar refractivity (Wildman–Crippen MR) is 86.8 cm³/mol. The van der Waals surface area contributed by atoms with Crippen LogP contribution in [-0.4, -0.2) is 47.1 Å². The largest absolute Gasteiger partial charge is 0.492 e. The van der Waals surface area contributed by atoms with Gasteiger partial charge in [-0.15, -0.1) is 0 Å². The number of carbonyl (C=O) groups is 1. The van der Waals surface area contributed by atoms with Gasteiger partial charge in [-0.1, -0.05) is 0 Å². The highest BCUT2D eigenvalue weighted by molar-refractivity contribution is 7.99. The van der Waals surface area contributed by atoms with Crippen LogP contribution in [-0.2, 0) is 0 Å². The Bertz CT molecular complexity index is 561. The summed E-state index contributed by atoms with van der Waals surface area (Å²) < 4.78 is 5.42. The molecule has 1 aromatic carbocycles. The van der Waals surface area contributed by atoms with Crippen LogP contribution < -0.4 is 10.1 Å². The molecule has 1 saturated heterocycles. The number of anilines is 1. The quantitative estimate of drug-likeness (QED) is 0.664. The summed E-state index contributed by atoms with van der Waals surface area (Å²) in [5.74, 6) is 2.39. The lowest BCUT2D eigenvalue weighted by Crippen LogP contribution is -2.39. The van der Waals surface area contributed by atoms with Crippen molar-refractivity contribution in [2.24, 2.45) is 0 Å². The molecule has 120 valence electrons. The second kappa shape index (κ2) is 7.35. The van der Waals surface area contributed by atoms with E-state index in [1.807, 2.05) is 18.7 Å². The van der Waals surface area contributed by atoms with E-state index < -0.39 is 4.92 Å². The lowest BCUT2D eigenvalue weighted by molar-refractivity contribution is -0.384. The van der Waals surface area contributed by atoms with E-state index in [2.05, 4.69) is 5.32 Å². The van der Waals surface area contributed by atoms with Gasteiger partial charge in [-0.2, -0.15) is 11.8 Å². The van der Waals surface area contributed by atoms with Crippen molar-refractivity contribution in [2.45, 2.75) is 19.4 Å². The second-order valence-corrected chi connectivity index (χ2v) is 6.08. The fourth-order valence-electron chi connectivity index (χ4n) is 2.21. The zero-order chi connectivity index (χ0) is 16.1. The summed E-state index contributed by atoms with van der Waals surface area (Å²) in [4.78, 5) is 24.4. The normalized spacial score (nSPS) is 17.1. The van der Waals surface area contributed by atoms with Crippen molar-refractivity contribution in [3.63, 3.8) is 0 Å². The number of benzene rings is 1. The van der Waals surface area contributed by atoms with Gasteiger partial charge in [-0.05, 0) is 25.2 Å². The van der Waals surface area contributed by atoms with Gasteiger partial charge in [0.2, 0.25) is 0 Å². The molecule has 0 aromatic heterocycles. The Labute approximate surface area is 133 Å². The van der Waals surface area contributed by atoms with Gasteiger partial charge in [0.25, 0.3) is 5.69 Å². The molecule has 0 bridgehead atoms. The zero-order valence-electron chi connectivity index (χ0n) is 12.6. The second-order valence-electron chi connectivity index (χ2n) is 4.93. The summed E-state index contributed by atoms with van der Waals surface area (Å²) in [6.45, 7) is 2.23. The van der Waals surface area contributed by atoms with Crippen LogP contribution in [0.3, 0.4) is 0 Å². The molecule has 1 aliphatic rings. The van der Waals surface area contributed by atoms with Crippen molar-refractivity contribution in [2.75, 3.05) is 30.5 Å². The van der Waals surface area contributed by atoms with E-state index in [1.54, 1.807) is 11.9 Å². The van der Waals surface area contributed by atoms with Crippen LogP contribution >= 0.6 is 11.8 Å². The molecule has 1 fully saturated rings. The molecule has 1 aliphatic heterocycles. The van der Waals surface area contributed by atoms with Crippen molar-refractivity contribution in [1.82, 2.24) is 4.90 Å². The first-order valence-electron chi connectivity index (χ1n) is 7.05. The van der Waals surface area contributed by atoms with Crippen molar-refractivity contribution >= 4 is 29.2 Å². The third-order valence-electron chi connectivity index (χ3n) is 3.49. The lowest BCUT2D eigenvalue weighted by Gasteiger charge is -2.24. The molecule has 8 heteroatoms. The average molecular weight is 325 g/mol. The number of amides is 2. The molecule has 0 saturated carbocycles. The first-order valence-corrected chi connectivity index (χ1v) is 8.21. The van der Waals surface area contributed by atoms with Gasteiger partial charge in [0.15, 0.2) is 0 Å². The highest BCUT2D eigenvalue weighted by Crippen LogP contribution is 2.30. The molecule has 1 unspecified atom stereocenters. The predicted octanol–water partition coefficient (Wildman–Crippen LogP) is 2.96. The molecule has 7 nitrogen and oxygen atoms in total. The van der Waals surface area contributed by atoms with E-state index >= 15 is 0 Å². The summed E-state index contributed by atoms with van der Waals surface area (Å²) in [6.07, 6.45) is 0.960. The number of nitrogens with zero attached hydrogens (tertiary/aromatic N) is 2. The van der Waals surface area contributed by atoms with Gasteiger partial charge in [0.05, 0.1) is 17.2 Å². The number of rotatable bonds is 5. The minimum absolute atomic E-state index is 0.0853. The third kappa shape index (κ3) is 3.82. The maximum Gasteiger partial charge on any atom is 0.321 e. The Balaban J connectivity index is 2.16. The Morgan fingerprint density at radius 1 is 1.59 bits per heavy atom. The number of ether oxygens (including phenoxy) is 1. The number of non-ortho nitro benzene ring substituents is 1. The van der Waals surface area contributed by atoms with Crippen LogP contribution in [0.5, 0.6) is 5.75 Å². The molecule has 1 aromatic rings. The maximum absolute atomic E-state index is 12.3. The van der Waals surface area contributed by atoms with E-state index in [9.17, 15) is 14.9 Å². The van der Waals surface area contributed by atoms with Crippen molar-refractivity contribution in [1.29, 1.82) is 0 Å². The van der Waals surface area contributed by atoms with Crippen LogP contribution in [0.1, 0.15) is 13.3 Å². The van der Waals surface area contributed by atoms with E-state index in [-0.39, 0.29) is 17.8 Å². The summed E-state index contributed by atoms with van der Waals surface area (Å²) in [6, 6.07) is 4.09. The van der Waals surface area contributed by atoms with Gasteiger partial charge in [-0.25, -0.2) is 4.79 Å². The third-order valence-corrected chi connectivity index (χ3v) is 4.63. The summed E-state index contributed by atoms with van der Waals surface area (Å²) in [7, 11) is 1.74.